The number of nitrogens with one attached hydrogen (secondary N) is 2. The van der Waals surface area contributed by atoms with Gasteiger partial charge in [0.2, 0.25) is 0 Å². The fourth-order valence-corrected chi connectivity index (χ4v) is 3.07. The summed E-state index contributed by atoms with van der Waals surface area (Å²) in [7, 11) is 3.69. The van der Waals surface area contributed by atoms with Gasteiger partial charge in [0.1, 0.15) is 12.3 Å². The first-order chi connectivity index (χ1) is 11.4. The smallest absolute Gasteiger partial charge is 0.279 e. The van der Waals surface area contributed by atoms with E-state index in [1.54, 1.807) is 7.11 Å². The summed E-state index contributed by atoms with van der Waals surface area (Å²) in [5, 5.41) is 3.06. The van der Waals surface area contributed by atoms with E-state index in [0.717, 1.165) is 39.6 Å². The number of hydrogen-bond donors (Lipinski definition) is 2. The molecule has 1 unspecified atom stereocenters. The highest BCUT2D eigenvalue weighted by molar-refractivity contribution is 5.93. The Bertz CT molecular complexity index is 702. The molecule has 128 valence electrons. The zero-order valence-electron chi connectivity index (χ0n) is 15.2. The molecule has 0 aliphatic heterocycles. The topological polar surface area (TPSA) is 42.8 Å². The zero-order valence-corrected chi connectivity index (χ0v) is 15.2. The van der Waals surface area contributed by atoms with E-state index in [2.05, 4.69) is 24.4 Å². The van der Waals surface area contributed by atoms with Crippen LogP contribution in [0.1, 0.15) is 22.3 Å². The summed E-state index contributed by atoms with van der Waals surface area (Å²) in [6, 6.07) is 12.1. The minimum Gasteiger partial charge on any atom is -0.496 e. The molecule has 1 amide bonds. The normalized spacial score (nSPS) is 11.9. The maximum Gasteiger partial charge on any atom is 0.279 e. The number of carbonyl (C=O) groups is 1. The van der Waals surface area contributed by atoms with Crippen molar-refractivity contribution in [1.29, 1.82) is 0 Å². The number of amides is 1. The van der Waals surface area contributed by atoms with E-state index in [4.69, 9.17) is 4.74 Å². The van der Waals surface area contributed by atoms with Gasteiger partial charge in [-0.1, -0.05) is 29.8 Å². The predicted molar refractivity (Wildman–Crippen MR) is 97.7 cm³/mol. The molecule has 0 saturated carbocycles. The number of aryl methyl sites for hydroxylation is 3. The Morgan fingerprint density at radius 3 is 2.38 bits per heavy atom. The molecule has 2 rings (SSSR count). The third-order valence-corrected chi connectivity index (χ3v) is 4.09. The molecule has 2 N–H and O–H groups in total. The van der Waals surface area contributed by atoms with Gasteiger partial charge < -0.3 is 15.0 Å². The molecule has 0 bridgehead atoms. The van der Waals surface area contributed by atoms with Crippen molar-refractivity contribution < 1.29 is 14.4 Å². The fraction of sp³-hybridized carbons (Fsp3) is 0.350. The van der Waals surface area contributed by atoms with Crippen LogP contribution in [0.5, 0.6) is 5.75 Å². The van der Waals surface area contributed by atoms with E-state index in [-0.39, 0.29) is 5.91 Å². The van der Waals surface area contributed by atoms with Gasteiger partial charge in [0, 0.05) is 11.3 Å². The van der Waals surface area contributed by atoms with E-state index in [9.17, 15) is 4.79 Å². The molecule has 1 atom stereocenters. The number of quaternary nitrogens is 1. The van der Waals surface area contributed by atoms with Crippen LogP contribution in [0.2, 0.25) is 0 Å². The molecule has 2 aromatic rings. The number of hydrogen-bond acceptors (Lipinski definition) is 2. The fourth-order valence-electron chi connectivity index (χ4n) is 3.07. The summed E-state index contributed by atoms with van der Waals surface area (Å²) in [4.78, 5) is 13.5. The highest BCUT2D eigenvalue weighted by Crippen LogP contribution is 2.21. The van der Waals surface area contributed by atoms with E-state index in [1.807, 2.05) is 45.2 Å². The molecule has 0 spiro atoms. The number of rotatable bonds is 6. The van der Waals surface area contributed by atoms with Crippen molar-refractivity contribution in [3.63, 3.8) is 0 Å². The average Bonchev–Trinajstić information content (AvgIpc) is 2.51. The zero-order chi connectivity index (χ0) is 17.7. The number of benzene rings is 2. The third-order valence-electron chi connectivity index (χ3n) is 4.09. The maximum absolute atomic E-state index is 12.4. The molecule has 2 aromatic carbocycles. The molecule has 0 fully saturated rings. The maximum atomic E-state index is 12.4. The van der Waals surface area contributed by atoms with Gasteiger partial charge in [0.25, 0.3) is 5.91 Å². The van der Waals surface area contributed by atoms with Crippen molar-refractivity contribution in [3.05, 3.63) is 58.7 Å². The van der Waals surface area contributed by atoms with E-state index < -0.39 is 0 Å². The summed E-state index contributed by atoms with van der Waals surface area (Å²) in [5.41, 5.74) is 5.44. The predicted octanol–water partition coefficient (Wildman–Crippen LogP) is 2.27. The highest BCUT2D eigenvalue weighted by Gasteiger charge is 2.15. The Labute approximate surface area is 144 Å². The van der Waals surface area contributed by atoms with Crippen molar-refractivity contribution in [2.24, 2.45) is 0 Å². The number of likely N-dealkylation sites (N-methyl/N-ethyl adjacent to an activating group) is 1. The molecular weight excluding hydrogens is 300 g/mol. The van der Waals surface area contributed by atoms with Crippen molar-refractivity contribution >= 4 is 11.6 Å². The lowest BCUT2D eigenvalue weighted by Crippen LogP contribution is -3.08. The lowest BCUT2D eigenvalue weighted by Gasteiger charge is -2.17. The SMILES string of the molecule is COc1ccccc1C[NH+](C)CC(=O)Nc1c(C)cc(C)cc1C. The van der Waals surface area contributed by atoms with Gasteiger partial charge in [0.15, 0.2) is 6.54 Å². The van der Waals surface area contributed by atoms with Crippen molar-refractivity contribution in [2.45, 2.75) is 27.3 Å². The molecule has 0 saturated heterocycles. The molecule has 0 aliphatic rings. The second-order valence-electron chi connectivity index (χ2n) is 6.44. The number of ether oxygens (including phenoxy) is 1. The van der Waals surface area contributed by atoms with Gasteiger partial charge in [-0.2, -0.15) is 0 Å². The number of methoxy groups -OCH3 is 1. The van der Waals surface area contributed by atoms with E-state index in [1.165, 1.54) is 5.56 Å². The van der Waals surface area contributed by atoms with Gasteiger partial charge in [0.05, 0.1) is 14.2 Å². The Morgan fingerprint density at radius 1 is 1.12 bits per heavy atom. The average molecular weight is 327 g/mol. The van der Waals surface area contributed by atoms with Gasteiger partial charge in [-0.15, -0.1) is 0 Å². The Balaban J connectivity index is 2.00. The second-order valence-corrected chi connectivity index (χ2v) is 6.44. The Kier molecular flexibility index (Phi) is 5.99. The molecule has 4 nitrogen and oxygen atoms in total. The first-order valence-corrected chi connectivity index (χ1v) is 8.21. The molecule has 0 radical (unpaired) electrons. The van der Waals surface area contributed by atoms with Crippen LogP contribution in [0, 0.1) is 20.8 Å². The molecule has 0 aromatic heterocycles. The highest BCUT2D eigenvalue weighted by atomic mass is 16.5. The van der Waals surface area contributed by atoms with Crippen LogP contribution >= 0.6 is 0 Å². The van der Waals surface area contributed by atoms with Gasteiger partial charge >= 0.3 is 0 Å². The van der Waals surface area contributed by atoms with Crippen LogP contribution < -0.4 is 15.0 Å². The molecule has 24 heavy (non-hydrogen) atoms. The van der Waals surface area contributed by atoms with Crippen molar-refractivity contribution in [1.82, 2.24) is 0 Å². The van der Waals surface area contributed by atoms with Gasteiger partial charge in [-0.05, 0) is 44.0 Å². The van der Waals surface area contributed by atoms with Crippen LogP contribution in [0.15, 0.2) is 36.4 Å². The molecule has 0 aliphatic carbocycles. The van der Waals surface area contributed by atoms with E-state index in [0.29, 0.717) is 6.54 Å². The van der Waals surface area contributed by atoms with Gasteiger partial charge in [-0.3, -0.25) is 4.79 Å². The van der Waals surface area contributed by atoms with Crippen molar-refractivity contribution in [3.8, 4) is 5.75 Å². The Morgan fingerprint density at radius 2 is 1.75 bits per heavy atom. The molecule has 0 heterocycles. The van der Waals surface area contributed by atoms with Crippen LogP contribution in [0.4, 0.5) is 5.69 Å². The van der Waals surface area contributed by atoms with Crippen LogP contribution in [-0.4, -0.2) is 26.6 Å². The summed E-state index contributed by atoms with van der Waals surface area (Å²) in [5.74, 6) is 0.889. The monoisotopic (exact) mass is 327 g/mol. The first-order valence-electron chi connectivity index (χ1n) is 8.21. The first kappa shape index (κ1) is 18.0. The summed E-state index contributed by atoms with van der Waals surface area (Å²) in [6.07, 6.45) is 0. The molecule has 4 heteroatoms. The largest absolute Gasteiger partial charge is 0.496 e. The summed E-state index contributed by atoms with van der Waals surface area (Å²) >= 11 is 0. The number of carbonyl (C=O) groups excluding carboxylic acids is 1. The summed E-state index contributed by atoms with van der Waals surface area (Å²) < 4.78 is 5.38. The molecular formula is C20H27N2O2+. The second kappa shape index (κ2) is 7.97. The van der Waals surface area contributed by atoms with Crippen LogP contribution in [-0.2, 0) is 11.3 Å². The summed E-state index contributed by atoms with van der Waals surface area (Å²) in [6.45, 7) is 7.27. The number of para-hydroxylation sites is 1. The standard InChI is InChI=1S/C20H26N2O2/c1-14-10-15(2)20(16(3)11-14)21-19(23)13-22(4)12-17-8-6-7-9-18(17)24-5/h6-11H,12-13H2,1-5H3,(H,21,23)/p+1. The van der Waals surface area contributed by atoms with Crippen LogP contribution in [0.25, 0.3) is 0 Å². The lowest BCUT2D eigenvalue weighted by atomic mass is 10.1. The minimum absolute atomic E-state index is 0.0254. The minimum atomic E-state index is 0.0254. The quantitative estimate of drug-likeness (QED) is 0.855. The Hall–Kier alpha value is -2.33. The van der Waals surface area contributed by atoms with Crippen molar-refractivity contribution in [2.75, 3.05) is 26.0 Å². The van der Waals surface area contributed by atoms with Crippen LogP contribution in [0.3, 0.4) is 0 Å². The lowest BCUT2D eigenvalue weighted by molar-refractivity contribution is -0.885. The van der Waals surface area contributed by atoms with E-state index >= 15 is 0 Å². The number of anilines is 1. The third kappa shape index (κ3) is 4.59. The van der Waals surface area contributed by atoms with Gasteiger partial charge in [-0.25, -0.2) is 0 Å².